The molecule has 5 rings (SSSR count). The largest absolute Gasteiger partial charge is 4.00 e. The number of para-hydroxylation sites is 1. The first kappa shape index (κ1) is 37.1. The van der Waals surface area contributed by atoms with Gasteiger partial charge in [-0.1, -0.05) is 81.3 Å². The molecule has 5 aromatic rings. The Bertz CT molecular complexity index is 1300. The third kappa shape index (κ3) is 14.7. The quantitative estimate of drug-likeness (QED) is 0.175. The van der Waals surface area contributed by atoms with E-state index in [1.807, 2.05) is 109 Å². The van der Waals surface area contributed by atoms with Gasteiger partial charge in [0.15, 0.2) is 0 Å². The van der Waals surface area contributed by atoms with Gasteiger partial charge in [-0.3, -0.25) is 4.98 Å². The molecule has 0 spiro atoms. The first-order valence-corrected chi connectivity index (χ1v) is 14.2. The number of rotatable bonds is 5. The summed E-state index contributed by atoms with van der Waals surface area (Å²) >= 11 is 0. The Morgan fingerprint density at radius 3 is 1.21 bits per heavy atom. The predicted octanol–water partition coefficient (Wildman–Crippen LogP) is 11.6. The summed E-state index contributed by atoms with van der Waals surface area (Å²) in [6.07, 6.45) is 1.77. The summed E-state index contributed by atoms with van der Waals surface area (Å²) in [7, 11) is 0. The van der Waals surface area contributed by atoms with Gasteiger partial charge in [0.2, 0.25) is 0 Å². The zero-order valence-electron chi connectivity index (χ0n) is 26.1. The molecule has 0 saturated carbocycles. The van der Waals surface area contributed by atoms with Crippen molar-refractivity contribution < 1.29 is 26.2 Å². The Morgan fingerprint density at radius 1 is 0.558 bits per heavy atom. The molecule has 0 aliphatic heterocycles. The normalized spacial score (nSPS) is 9.53. The second-order valence-corrected chi connectivity index (χ2v) is 10.3. The number of benzene rings is 4. The fourth-order valence-corrected chi connectivity index (χ4v) is 3.80. The molecule has 0 fully saturated rings. The third-order valence-electron chi connectivity index (χ3n) is 6.08. The molecule has 43 heavy (non-hydrogen) atoms. The zero-order chi connectivity index (χ0) is 30.7. The van der Waals surface area contributed by atoms with Crippen LogP contribution >= 0.6 is 0 Å². The minimum Gasteiger partial charge on any atom is -0.656 e. The molecule has 0 aliphatic carbocycles. The van der Waals surface area contributed by atoms with Crippen LogP contribution in [0.2, 0.25) is 0 Å². The molecule has 0 bridgehead atoms. The van der Waals surface area contributed by atoms with E-state index in [1.54, 1.807) is 6.20 Å². The maximum Gasteiger partial charge on any atom is 4.00 e. The van der Waals surface area contributed by atoms with Crippen LogP contribution in [-0.4, -0.2) is 4.98 Å². The van der Waals surface area contributed by atoms with Crippen LogP contribution in [0.25, 0.3) is 11.0 Å². The van der Waals surface area contributed by atoms with Gasteiger partial charge >= 0.3 is 26.2 Å². The predicted molar refractivity (Wildman–Crippen MR) is 184 cm³/mol. The van der Waals surface area contributed by atoms with Gasteiger partial charge in [0.1, 0.15) is 0 Å². The Labute approximate surface area is 280 Å². The maximum atomic E-state index is 4.81. The molecule has 1 heterocycles. The Hall–Kier alpha value is -3.94. The summed E-state index contributed by atoms with van der Waals surface area (Å²) < 4.78 is 0. The molecule has 0 amide bonds. The van der Waals surface area contributed by atoms with Crippen LogP contribution in [0, 0.1) is 20.8 Å². The standard InChI is InChI=1S/C19H23N2.3C7H7.Zr/c1-13(2)16-9-8-10-17(14(3)4)19(16)21-15(5)18-11-6-7-12-20-18;3*1-7-5-3-2-4-6-7;/h6-14H,5H2,1-4H3;3*2-6H,1H2;/q4*-1;+4. The van der Waals surface area contributed by atoms with Gasteiger partial charge in [0.05, 0.1) is 0 Å². The number of aromatic nitrogens is 1. The number of hydrogen-bond acceptors (Lipinski definition) is 1. The molecule has 0 unspecified atom stereocenters. The minimum atomic E-state index is 0. The summed E-state index contributed by atoms with van der Waals surface area (Å²) in [5.74, 6) is 0.859. The van der Waals surface area contributed by atoms with Crippen molar-refractivity contribution in [2.75, 3.05) is 0 Å². The monoisotopic (exact) mass is 642 g/mol. The Balaban J connectivity index is 0.000000340. The molecule has 2 nitrogen and oxygen atoms in total. The molecular formula is C40H44N2Zr. The average Bonchev–Trinajstić information content (AvgIpc) is 2.99. The second-order valence-electron chi connectivity index (χ2n) is 10.3. The van der Waals surface area contributed by atoms with Crippen molar-refractivity contribution in [3.63, 3.8) is 0 Å². The summed E-state index contributed by atoms with van der Waals surface area (Å²) in [6.45, 7) is 24.0. The number of pyridine rings is 1. The zero-order valence-corrected chi connectivity index (χ0v) is 28.5. The average molecular weight is 644 g/mol. The topological polar surface area (TPSA) is 27.0 Å². The molecule has 0 radical (unpaired) electrons. The molecular weight excluding hydrogens is 600 g/mol. The maximum absolute atomic E-state index is 4.81. The van der Waals surface area contributed by atoms with E-state index < -0.39 is 0 Å². The Morgan fingerprint density at radius 2 is 0.930 bits per heavy atom. The fourth-order valence-electron chi connectivity index (χ4n) is 3.80. The van der Waals surface area contributed by atoms with Crippen molar-refractivity contribution in [2.45, 2.75) is 39.5 Å². The van der Waals surface area contributed by atoms with Gasteiger partial charge < -0.3 is 5.32 Å². The second kappa shape index (κ2) is 20.9. The van der Waals surface area contributed by atoms with Crippen molar-refractivity contribution >= 4 is 11.4 Å². The van der Waals surface area contributed by atoms with E-state index in [4.69, 9.17) is 5.32 Å². The van der Waals surface area contributed by atoms with Crippen molar-refractivity contribution in [2.24, 2.45) is 0 Å². The Kier molecular flexibility index (Phi) is 18.0. The van der Waals surface area contributed by atoms with Gasteiger partial charge in [0, 0.05) is 11.9 Å². The van der Waals surface area contributed by atoms with E-state index in [9.17, 15) is 0 Å². The van der Waals surface area contributed by atoms with E-state index in [2.05, 4.69) is 78.2 Å². The van der Waals surface area contributed by atoms with Gasteiger partial charge in [-0.25, -0.2) is 0 Å². The SMILES string of the molecule is C=C([N-]c1c(C(C)C)cccc1C(C)C)c1ccccn1.[CH2-]c1ccccc1.[CH2-]c1ccccc1.[CH2-]c1ccccc1.[Zr+4]. The molecule has 0 N–H and O–H groups in total. The third-order valence-corrected chi connectivity index (χ3v) is 6.08. The molecule has 1 aromatic heterocycles. The fraction of sp³-hybridized carbons (Fsp3) is 0.150. The number of hydrogen-bond donors (Lipinski definition) is 0. The van der Waals surface area contributed by atoms with E-state index in [0.29, 0.717) is 17.5 Å². The molecule has 3 heteroatoms. The van der Waals surface area contributed by atoms with Crippen LogP contribution in [-0.2, 0) is 26.2 Å². The van der Waals surface area contributed by atoms with E-state index >= 15 is 0 Å². The van der Waals surface area contributed by atoms with Crippen molar-refractivity contribution in [1.29, 1.82) is 0 Å². The summed E-state index contributed by atoms with van der Waals surface area (Å²) in [4.78, 5) is 4.33. The number of nitrogens with zero attached hydrogens (tertiary/aromatic N) is 2. The summed E-state index contributed by atoms with van der Waals surface area (Å²) in [5.41, 5.74) is 8.33. The summed E-state index contributed by atoms with van der Waals surface area (Å²) in [6, 6.07) is 41.9. The van der Waals surface area contributed by atoms with Crippen LogP contribution in [0.1, 0.15) is 73.0 Å². The smallest absolute Gasteiger partial charge is 0.656 e. The molecule has 0 saturated heterocycles. The summed E-state index contributed by atoms with van der Waals surface area (Å²) in [5, 5.41) is 4.81. The van der Waals surface area contributed by atoms with Crippen molar-refractivity contribution in [1.82, 2.24) is 4.98 Å². The van der Waals surface area contributed by atoms with Crippen molar-refractivity contribution in [3.8, 4) is 0 Å². The van der Waals surface area contributed by atoms with Crippen LogP contribution in [0.4, 0.5) is 5.69 Å². The van der Waals surface area contributed by atoms with Gasteiger partial charge in [-0.15, -0.1) is 54.4 Å². The van der Waals surface area contributed by atoms with Crippen LogP contribution in [0.3, 0.4) is 0 Å². The molecule has 218 valence electrons. The van der Waals surface area contributed by atoms with E-state index in [-0.39, 0.29) is 26.2 Å². The van der Waals surface area contributed by atoms with Crippen LogP contribution < -0.4 is 0 Å². The van der Waals surface area contributed by atoms with E-state index in [1.165, 1.54) is 11.1 Å². The molecule has 4 aromatic carbocycles. The van der Waals surface area contributed by atoms with Crippen molar-refractivity contribution in [3.05, 3.63) is 200 Å². The van der Waals surface area contributed by atoms with Gasteiger partial charge in [0.25, 0.3) is 0 Å². The first-order chi connectivity index (χ1) is 20.2. The van der Waals surface area contributed by atoms with Gasteiger partial charge in [-0.2, -0.15) is 73.9 Å². The minimum absolute atomic E-state index is 0. The van der Waals surface area contributed by atoms with Gasteiger partial charge in [-0.05, 0) is 24.0 Å². The van der Waals surface area contributed by atoms with Crippen LogP contribution in [0.5, 0.6) is 0 Å². The molecule has 0 aliphatic rings. The van der Waals surface area contributed by atoms with E-state index in [0.717, 1.165) is 28.1 Å². The molecule has 0 atom stereocenters. The first-order valence-electron chi connectivity index (χ1n) is 14.2. The van der Waals surface area contributed by atoms with Crippen LogP contribution in [0.15, 0.2) is 140 Å².